The van der Waals surface area contributed by atoms with Gasteiger partial charge in [0.2, 0.25) is 0 Å². The molecule has 172 valence electrons. The molecule has 3 aromatic rings. The van der Waals surface area contributed by atoms with Gasteiger partial charge < -0.3 is 4.18 Å². The van der Waals surface area contributed by atoms with Crippen LogP contribution < -0.4 is 14.4 Å². The Labute approximate surface area is 200 Å². The third-order valence-electron chi connectivity index (χ3n) is 4.92. The van der Waals surface area contributed by atoms with Crippen LogP contribution in [-0.2, 0) is 19.7 Å². The highest BCUT2D eigenvalue weighted by atomic mass is 35.5. The van der Waals surface area contributed by atoms with Gasteiger partial charge in [-0.15, -0.1) is 0 Å². The molecule has 34 heavy (non-hydrogen) atoms. The van der Waals surface area contributed by atoms with E-state index in [1.807, 2.05) is 0 Å². The summed E-state index contributed by atoms with van der Waals surface area (Å²) < 4.78 is 30.2. The van der Waals surface area contributed by atoms with E-state index < -0.39 is 28.0 Å². The van der Waals surface area contributed by atoms with Crippen molar-refractivity contribution in [2.24, 2.45) is 0 Å². The zero-order chi connectivity index (χ0) is 24.5. The van der Waals surface area contributed by atoms with Gasteiger partial charge in [-0.3, -0.25) is 14.9 Å². The normalized spacial score (nSPS) is 15.4. The summed E-state index contributed by atoms with van der Waals surface area (Å²) in [6.45, 7) is 1.69. The smallest absolute Gasteiger partial charge is 0.339 e. The molecule has 8 nitrogen and oxygen atoms in total. The van der Waals surface area contributed by atoms with Crippen molar-refractivity contribution in [1.29, 1.82) is 0 Å². The van der Waals surface area contributed by atoms with Crippen LogP contribution in [0.1, 0.15) is 11.1 Å². The van der Waals surface area contributed by atoms with Gasteiger partial charge in [0.05, 0.1) is 5.69 Å². The number of rotatable bonds is 5. The number of nitrogens with zero attached hydrogens (tertiary/aromatic N) is 1. The molecule has 1 aliphatic heterocycles. The number of benzene rings is 3. The summed E-state index contributed by atoms with van der Waals surface area (Å²) in [4.78, 5) is 38.8. The molecule has 0 radical (unpaired) electrons. The number of urea groups is 1. The van der Waals surface area contributed by atoms with Gasteiger partial charge in [-0.2, -0.15) is 8.42 Å². The molecule has 0 spiro atoms. The maximum atomic E-state index is 13.1. The van der Waals surface area contributed by atoms with Crippen molar-refractivity contribution in [3.05, 3.63) is 94.5 Å². The molecule has 1 aliphatic rings. The zero-order valence-electron chi connectivity index (χ0n) is 17.7. The van der Waals surface area contributed by atoms with Crippen molar-refractivity contribution in [3.8, 4) is 5.75 Å². The van der Waals surface area contributed by atoms with Gasteiger partial charge in [-0.05, 0) is 60.5 Å². The van der Waals surface area contributed by atoms with E-state index in [2.05, 4.69) is 5.32 Å². The van der Waals surface area contributed by atoms with Crippen LogP contribution in [0.3, 0.4) is 0 Å². The molecule has 0 aromatic heterocycles. The van der Waals surface area contributed by atoms with Gasteiger partial charge in [0.15, 0.2) is 0 Å². The summed E-state index contributed by atoms with van der Waals surface area (Å²) in [5.41, 5.74) is 0.834. The second-order valence-corrected chi connectivity index (χ2v) is 9.29. The molecule has 10 heteroatoms. The molecule has 0 bridgehead atoms. The summed E-state index contributed by atoms with van der Waals surface area (Å²) in [6, 6.07) is 17.3. The second kappa shape index (κ2) is 9.12. The molecule has 3 aromatic carbocycles. The minimum absolute atomic E-state index is 0.0134. The zero-order valence-corrected chi connectivity index (χ0v) is 19.3. The highest BCUT2D eigenvalue weighted by Crippen LogP contribution is 2.28. The molecule has 0 atom stereocenters. The predicted molar refractivity (Wildman–Crippen MR) is 126 cm³/mol. The van der Waals surface area contributed by atoms with Crippen LogP contribution in [0.4, 0.5) is 10.5 Å². The molecule has 0 aliphatic carbocycles. The molecule has 4 amide bonds. The maximum Gasteiger partial charge on any atom is 0.339 e. The number of nitrogens with one attached hydrogen (secondary N) is 1. The van der Waals surface area contributed by atoms with Crippen molar-refractivity contribution in [1.82, 2.24) is 5.32 Å². The van der Waals surface area contributed by atoms with Crippen LogP contribution >= 0.6 is 11.6 Å². The first kappa shape index (κ1) is 23.2. The molecule has 0 saturated carbocycles. The van der Waals surface area contributed by atoms with Gasteiger partial charge in [-0.25, -0.2) is 9.69 Å². The summed E-state index contributed by atoms with van der Waals surface area (Å²) >= 11 is 6.03. The first-order valence-electron chi connectivity index (χ1n) is 9.93. The fourth-order valence-corrected chi connectivity index (χ4v) is 4.39. The largest absolute Gasteiger partial charge is 0.379 e. The van der Waals surface area contributed by atoms with E-state index in [0.29, 0.717) is 16.1 Å². The molecule has 1 heterocycles. The Morgan fingerprint density at radius 1 is 0.941 bits per heavy atom. The quantitative estimate of drug-likeness (QED) is 0.324. The van der Waals surface area contributed by atoms with Crippen LogP contribution in [0.2, 0.25) is 5.02 Å². The lowest BCUT2D eigenvalue weighted by molar-refractivity contribution is -0.122. The standard InChI is InChI=1S/C24H17ClN2O6S/c1-15-10-11-17(25)14-21(15)27-23(29)20(22(28)26-24(27)30)13-16-6-5-7-18(12-16)33-34(31,32)19-8-3-2-4-9-19/h2-14H,1H3,(H,26,28,30)/b20-13-. The minimum Gasteiger partial charge on any atom is -0.379 e. The van der Waals surface area contributed by atoms with E-state index in [1.54, 1.807) is 43.3 Å². The topological polar surface area (TPSA) is 110 Å². The van der Waals surface area contributed by atoms with E-state index in [0.717, 1.165) is 4.90 Å². The first-order chi connectivity index (χ1) is 16.2. The van der Waals surface area contributed by atoms with Crippen molar-refractivity contribution in [3.63, 3.8) is 0 Å². The number of carbonyl (C=O) groups excluding carboxylic acids is 3. The Kier molecular flexibility index (Phi) is 6.23. The SMILES string of the molecule is Cc1ccc(Cl)cc1N1C(=O)NC(=O)/C(=C/c2cccc(OS(=O)(=O)c3ccccc3)c2)C1=O. The number of hydrogen-bond acceptors (Lipinski definition) is 6. The van der Waals surface area contributed by atoms with Crippen molar-refractivity contribution in [2.45, 2.75) is 11.8 Å². The summed E-state index contributed by atoms with van der Waals surface area (Å²) in [7, 11) is -4.08. The predicted octanol–water partition coefficient (Wildman–Crippen LogP) is 4.08. The van der Waals surface area contributed by atoms with E-state index in [4.69, 9.17) is 15.8 Å². The van der Waals surface area contributed by atoms with Crippen molar-refractivity contribution < 1.29 is 27.0 Å². The summed E-state index contributed by atoms with van der Waals surface area (Å²) in [5, 5.41) is 2.45. The fraction of sp³-hybridized carbons (Fsp3) is 0.0417. The lowest BCUT2D eigenvalue weighted by atomic mass is 10.1. The number of anilines is 1. The second-order valence-electron chi connectivity index (χ2n) is 7.31. The Hall–Kier alpha value is -3.95. The Balaban J connectivity index is 1.67. The van der Waals surface area contributed by atoms with Gasteiger partial charge >= 0.3 is 16.1 Å². The molecule has 4 rings (SSSR count). The number of halogens is 1. The fourth-order valence-electron chi connectivity index (χ4n) is 3.28. The summed E-state index contributed by atoms with van der Waals surface area (Å²) in [5.74, 6) is -1.74. The average molecular weight is 497 g/mol. The Morgan fingerprint density at radius 2 is 1.68 bits per heavy atom. The molecule has 1 saturated heterocycles. The van der Waals surface area contributed by atoms with Crippen molar-refractivity contribution in [2.75, 3.05) is 4.90 Å². The van der Waals surface area contributed by atoms with Gasteiger partial charge in [0, 0.05) is 5.02 Å². The number of hydrogen-bond donors (Lipinski definition) is 1. The van der Waals surface area contributed by atoms with Gasteiger partial charge in [-0.1, -0.05) is 48.0 Å². The van der Waals surface area contributed by atoms with Crippen LogP contribution in [0.15, 0.2) is 83.3 Å². The van der Waals surface area contributed by atoms with Crippen LogP contribution in [-0.4, -0.2) is 26.3 Å². The minimum atomic E-state index is -4.08. The van der Waals surface area contributed by atoms with Crippen LogP contribution in [0, 0.1) is 6.92 Å². The molecule has 0 unspecified atom stereocenters. The van der Waals surface area contributed by atoms with Crippen molar-refractivity contribution >= 4 is 51.3 Å². The molecular formula is C24H17ClN2O6S. The lowest BCUT2D eigenvalue weighted by Gasteiger charge is -2.27. The van der Waals surface area contributed by atoms with Gasteiger partial charge in [0.1, 0.15) is 16.2 Å². The highest BCUT2D eigenvalue weighted by molar-refractivity contribution is 7.87. The number of barbiturate groups is 1. The molecule has 1 N–H and O–H groups in total. The lowest BCUT2D eigenvalue weighted by Crippen LogP contribution is -2.54. The third-order valence-corrected chi connectivity index (χ3v) is 6.42. The van der Waals surface area contributed by atoms with Crippen LogP contribution in [0.5, 0.6) is 5.75 Å². The number of carbonyl (C=O) groups is 3. The number of amides is 4. The Bertz CT molecular complexity index is 1450. The maximum absolute atomic E-state index is 13.1. The monoisotopic (exact) mass is 496 g/mol. The van der Waals surface area contributed by atoms with E-state index in [-0.39, 0.29) is 21.9 Å². The Morgan fingerprint density at radius 3 is 2.41 bits per heavy atom. The molecular weight excluding hydrogens is 480 g/mol. The molecule has 1 fully saturated rings. The third kappa shape index (κ3) is 4.70. The number of imide groups is 2. The van der Waals surface area contributed by atoms with Crippen LogP contribution in [0.25, 0.3) is 6.08 Å². The van der Waals surface area contributed by atoms with Gasteiger partial charge in [0.25, 0.3) is 11.8 Å². The number of aryl methyl sites for hydroxylation is 1. The van der Waals surface area contributed by atoms with E-state index in [9.17, 15) is 22.8 Å². The first-order valence-corrected chi connectivity index (χ1v) is 11.7. The average Bonchev–Trinajstić information content (AvgIpc) is 2.79. The highest BCUT2D eigenvalue weighted by Gasteiger charge is 2.37. The van der Waals surface area contributed by atoms with E-state index in [1.165, 1.54) is 42.5 Å². The summed E-state index contributed by atoms with van der Waals surface area (Å²) in [6.07, 6.45) is 1.25. The van der Waals surface area contributed by atoms with E-state index >= 15 is 0 Å².